The summed E-state index contributed by atoms with van der Waals surface area (Å²) in [6, 6.07) is 0. The minimum atomic E-state index is 0. The van der Waals surface area contributed by atoms with Crippen molar-refractivity contribution in [3.05, 3.63) is 0 Å². The Labute approximate surface area is 205 Å². The second-order valence-electron chi connectivity index (χ2n) is 8.66. The molecular weight excluding hydrogens is 511 g/mol. The first kappa shape index (κ1) is 26.5. The Hall–Kier alpha value is 0.230. The topological polar surface area (TPSA) is 58.1 Å². The van der Waals surface area contributed by atoms with Crippen LogP contribution in [0.2, 0.25) is 0 Å². The van der Waals surface area contributed by atoms with E-state index < -0.39 is 0 Å². The fourth-order valence-electron chi connectivity index (χ4n) is 4.74. The fraction of sp³-hybridized carbons (Fsp3) is 0.955. The normalized spacial score (nSPS) is 25.0. The summed E-state index contributed by atoms with van der Waals surface area (Å²) in [7, 11) is 0. The van der Waals surface area contributed by atoms with Crippen molar-refractivity contribution in [3.8, 4) is 0 Å². The third kappa shape index (κ3) is 8.64. The summed E-state index contributed by atoms with van der Waals surface area (Å²) >= 11 is 2.10. The van der Waals surface area contributed by atoms with Gasteiger partial charge in [-0.1, -0.05) is 19.3 Å². The summed E-state index contributed by atoms with van der Waals surface area (Å²) in [6.45, 7) is 10.7. The molecule has 30 heavy (non-hydrogen) atoms. The van der Waals surface area contributed by atoms with Crippen molar-refractivity contribution < 1.29 is 9.47 Å². The predicted molar refractivity (Wildman–Crippen MR) is 138 cm³/mol. The molecule has 176 valence electrons. The number of ether oxygens (including phenoxy) is 2. The number of hydrogen-bond donors (Lipinski definition) is 2. The lowest BCUT2D eigenvalue weighted by atomic mass is 9.80. The Bertz CT molecular complexity index is 480. The van der Waals surface area contributed by atoms with Gasteiger partial charge in [0.25, 0.3) is 0 Å². The number of nitrogens with one attached hydrogen (secondary N) is 2. The van der Waals surface area contributed by atoms with Crippen LogP contribution in [-0.4, -0.2) is 87.1 Å². The zero-order valence-electron chi connectivity index (χ0n) is 18.8. The van der Waals surface area contributed by atoms with E-state index in [2.05, 4.69) is 34.2 Å². The number of halogens is 1. The smallest absolute Gasteiger partial charge is 0.191 e. The number of thioether (sulfide) groups is 1. The average Bonchev–Trinajstić information content (AvgIpc) is 3.29. The SMILES string of the molecule is CCNC(=NCC1(N2CCSCC2)CCCCC1)NCCCOCC1CCOC1.I. The van der Waals surface area contributed by atoms with Crippen molar-refractivity contribution in [2.75, 3.05) is 70.7 Å². The van der Waals surface area contributed by atoms with Gasteiger partial charge in [0.2, 0.25) is 0 Å². The molecule has 0 spiro atoms. The number of rotatable bonds is 10. The third-order valence-electron chi connectivity index (χ3n) is 6.48. The van der Waals surface area contributed by atoms with Crippen LogP contribution < -0.4 is 10.6 Å². The molecule has 1 unspecified atom stereocenters. The molecule has 1 saturated carbocycles. The number of aliphatic imine (C=N–C) groups is 1. The van der Waals surface area contributed by atoms with E-state index in [4.69, 9.17) is 14.5 Å². The summed E-state index contributed by atoms with van der Waals surface area (Å²) < 4.78 is 11.2. The first-order valence-corrected chi connectivity index (χ1v) is 13.0. The summed E-state index contributed by atoms with van der Waals surface area (Å²) in [5.74, 6) is 4.11. The van der Waals surface area contributed by atoms with E-state index in [1.807, 2.05) is 0 Å². The molecule has 0 bridgehead atoms. The Kier molecular flexibility index (Phi) is 13.4. The van der Waals surface area contributed by atoms with E-state index in [-0.39, 0.29) is 29.5 Å². The molecule has 3 aliphatic rings. The van der Waals surface area contributed by atoms with Gasteiger partial charge in [-0.15, -0.1) is 24.0 Å². The largest absolute Gasteiger partial charge is 0.381 e. The number of hydrogen-bond acceptors (Lipinski definition) is 5. The quantitative estimate of drug-likeness (QED) is 0.187. The van der Waals surface area contributed by atoms with Crippen molar-refractivity contribution in [2.45, 2.75) is 57.4 Å². The van der Waals surface area contributed by atoms with Gasteiger partial charge in [-0.2, -0.15) is 11.8 Å². The van der Waals surface area contributed by atoms with Crippen molar-refractivity contribution in [1.82, 2.24) is 15.5 Å². The molecule has 8 heteroatoms. The van der Waals surface area contributed by atoms with Gasteiger partial charge in [-0.25, -0.2) is 0 Å². The molecule has 2 aliphatic heterocycles. The molecular formula is C22H43IN4O2S. The Morgan fingerprint density at radius 2 is 2.00 bits per heavy atom. The van der Waals surface area contributed by atoms with E-state index >= 15 is 0 Å². The second kappa shape index (κ2) is 15.1. The van der Waals surface area contributed by atoms with E-state index in [9.17, 15) is 0 Å². The zero-order valence-corrected chi connectivity index (χ0v) is 22.0. The van der Waals surface area contributed by atoms with Crippen LogP contribution in [0.5, 0.6) is 0 Å². The zero-order chi connectivity index (χ0) is 20.2. The van der Waals surface area contributed by atoms with E-state index in [0.29, 0.717) is 5.92 Å². The molecule has 1 aliphatic carbocycles. The van der Waals surface area contributed by atoms with E-state index in [1.54, 1.807) is 0 Å². The molecule has 1 atom stereocenters. The van der Waals surface area contributed by atoms with Gasteiger partial charge >= 0.3 is 0 Å². The summed E-state index contributed by atoms with van der Waals surface area (Å²) in [5, 5.41) is 6.96. The first-order chi connectivity index (χ1) is 14.3. The van der Waals surface area contributed by atoms with Crippen LogP contribution in [0.1, 0.15) is 51.9 Å². The Morgan fingerprint density at radius 3 is 2.70 bits per heavy atom. The molecule has 6 nitrogen and oxygen atoms in total. The fourth-order valence-corrected chi connectivity index (χ4v) is 5.64. The average molecular weight is 555 g/mol. The van der Waals surface area contributed by atoms with Crippen LogP contribution in [0.3, 0.4) is 0 Å². The maximum Gasteiger partial charge on any atom is 0.191 e. The van der Waals surface area contributed by atoms with Gasteiger partial charge in [0.1, 0.15) is 0 Å². The first-order valence-electron chi connectivity index (χ1n) is 11.8. The highest BCUT2D eigenvalue weighted by molar-refractivity contribution is 14.0. The number of guanidine groups is 1. The highest BCUT2D eigenvalue weighted by Crippen LogP contribution is 2.35. The second-order valence-corrected chi connectivity index (χ2v) is 9.89. The van der Waals surface area contributed by atoms with Crippen molar-refractivity contribution in [3.63, 3.8) is 0 Å². The third-order valence-corrected chi connectivity index (χ3v) is 7.42. The van der Waals surface area contributed by atoms with Gasteiger partial charge in [0.15, 0.2) is 5.96 Å². The van der Waals surface area contributed by atoms with Crippen LogP contribution in [-0.2, 0) is 9.47 Å². The van der Waals surface area contributed by atoms with Crippen molar-refractivity contribution in [2.24, 2.45) is 10.9 Å². The standard InChI is InChI=1S/C22H42N4O2S.HI/c1-2-23-21(24-10-6-13-27-17-20-7-14-28-18-20)25-19-22(8-4-3-5-9-22)26-11-15-29-16-12-26;/h20H,2-19H2,1H3,(H2,23,24,25);1H. The van der Waals surface area contributed by atoms with Crippen molar-refractivity contribution >= 4 is 41.7 Å². The molecule has 0 aromatic rings. The lowest BCUT2D eigenvalue weighted by Crippen LogP contribution is -2.55. The lowest BCUT2D eigenvalue weighted by Gasteiger charge is -2.47. The molecule has 0 aromatic heterocycles. The maximum atomic E-state index is 5.82. The molecule has 3 fully saturated rings. The van der Waals surface area contributed by atoms with E-state index in [0.717, 1.165) is 64.9 Å². The Morgan fingerprint density at radius 1 is 1.20 bits per heavy atom. The molecule has 0 radical (unpaired) electrons. The lowest BCUT2D eigenvalue weighted by molar-refractivity contribution is 0.0671. The van der Waals surface area contributed by atoms with Crippen molar-refractivity contribution in [1.29, 1.82) is 0 Å². The molecule has 2 heterocycles. The van der Waals surface area contributed by atoms with Crippen LogP contribution >= 0.6 is 35.7 Å². The van der Waals surface area contributed by atoms with Crippen LogP contribution in [0, 0.1) is 5.92 Å². The Balaban J connectivity index is 0.00000320. The summed E-state index contributed by atoms with van der Waals surface area (Å²) in [5.41, 5.74) is 0.286. The highest BCUT2D eigenvalue weighted by atomic mass is 127. The monoisotopic (exact) mass is 554 g/mol. The number of nitrogens with zero attached hydrogens (tertiary/aromatic N) is 2. The molecule has 2 N–H and O–H groups in total. The van der Waals surface area contributed by atoms with Gasteiger partial charge in [0.05, 0.1) is 19.8 Å². The summed E-state index contributed by atoms with van der Waals surface area (Å²) in [6.07, 6.45) is 8.86. The van der Waals surface area contributed by atoms with Crippen LogP contribution in [0.25, 0.3) is 0 Å². The van der Waals surface area contributed by atoms with Gasteiger partial charge in [-0.05, 0) is 32.6 Å². The van der Waals surface area contributed by atoms with Gasteiger partial charge in [-0.3, -0.25) is 9.89 Å². The summed E-state index contributed by atoms with van der Waals surface area (Å²) in [4.78, 5) is 7.81. The van der Waals surface area contributed by atoms with Crippen LogP contribution in [0.4, 0.5) is 0 Å². The molecule has 0 amide bonds. The molecule has 2 saturated heterocycles. The highest BCUT2D eigenvalue weighted by Gasteiger charge is 2.38. The van der Waals surface area contributed by atoms with E-state index in [1.165, 1.54) is 56.7 Å². The van der Waals surface area contributed by atoms with Gasteiger partial charge in [0, 0.05) is 62.4 Å². The van der Waals surface area contributed by atoms with Gasteiger partial charge < -0.3 is 20.1 Å². The molecule has 3 rings (SSSR count). The predicted octanol–water partition coefficient (Wildman–Crippen LogP) is 3.35. The minimum absolute atomic E-state index is 0. The maximum absolute atomic E-state index is 5.82. The minimum Gasteiger partial charge on any atom is -0.381 e. The van der Waals surface area contributed by atoms with Crippen LogP contribution in [0.15, 0.2) is 4.99 Å². The molecule has 0 aromatic carbocycles.